The lowest BCUT2D eigenvalue weighted by atomic mass is 10.2. The Morgan fingerprint density at radius 1 is 1.43 bits per heavy atom. The van der Waals surface area contributed by atoms with Crippen LogP contribution in [0.25, 0.3) is 5.69 Å². The zero-order chi connectivity index (χ0) is 9.97. The first-order valence-corrected chi connectivity index (χ1v) is 4.94. The first-order chi connectivity index (χ1) is 6.81. The second kappa shape index (κ2) is 3.89. The van der Waals surface area contributed by atoms with E-state index >= 15 is 0 Å². The van der Waals surface area contributed by atoms with Crippen molar-refractivity contribution < 1.29 is 0 Å². The Balaban J connectivity index is 2.53. The number of aromatic nitrogens is 3. The highest BCUT2D eigenvalue weighted by molar-refractivity contribution is 9.10. The van der Waals surface area contributed by atoms with Gasteiger partial charge in [0.1, 0.15) is 12.7 Å². The van der Waals surface area contributed by atoms with Gasteiger partial charge in [-0.2, -0.15) is 5.10 Å². The number of benzene rings is 1. The van der Waals surface area contributed by atoms with Crippen molar-refractivity contribution in [3.05, 3.63) is 40.9 Å². The van der Waals surface area contributed by atoms with Crippen molar-refractivity contribution in [1.29, 1.82) is 0 Å². The van der Waals surface area contributed by atoms with E-state index in [0.717, 1.165) is 15.7 Å². The van der Waals surface area contributed by atoms with Gasteiger partial charge in [-0.3, -0.25) is 0 Å². The average molecular weight is 253 g/mol. The van der Waals surface area contributed by atoms with E-state index in [1.165, 1.54) is 6.33 Å². The maximum absolute atomic E-state index is 5.64. The Morgan fingerprint density at radius 2 is 2.29 bits per heavy atom. The molecule has 1 aromatic heterocycles. The van der Waals surface area contributed by atoms with Gasteiger partial charge in [0.25, 0.3) is 0 Å². The Hall–Kier alpha value is -1.20. The predicted octanol–water partition coefficient (Wildman–Crippen LogP) is 1.49. The molecule has 2 aromatic rings. The van der Waals surface area contributed by atoms with Crippen molar-refractivity contribution in [3.8, 4) is 5.69 Å². The van der Waals surface area contributed by atoms with Gasteiger partial charge in [-0.05, 0) is 23.8 Å². The fraction of sp³-hybridized carbons (Fsp3) is 0.111. The summed E-state index contributed by atoms with van der Waals surface area (Å²) in [5, 5.41) is 4.06. The van der Waals surface area contributed by atoms with Crippen LogP contribution in [-0.4, -0.2) is 14.8 Å². The average Bonchev–Trinajstić information content (AvgIpc) is 2.70. The molecular formula is C9H9BrN4. The molecule has 0 aliphatic carbocycles. The molecule has 0 atom stereocenters. The maximum atomic E-state index is 5.64. The smallest absolute Gasteiger partial charge is 0.138 e. The number of hydrogen-bond acceptors (Lipinski definition) is 3. The van der Waals surface area contributed by atoms with Crippen LogP contribution in [-0.2, 0) is 6.54 Å². The van der Waals surface area contributed by atoms with Gasteiger partial charge in [0.2, 0.25) is 0 Å². The molecule has 0 radical (unpaired) electrons. The number of nitrogens with zero attached hydrogens (tertiary/aromatic N) is 3. The normalized spacial score (nSPS) is 10.4. The van der Waals surface area contributed by atoms with Crippen LogP contribution in [0.3, 0.4) is 0 Å². The van der Waals surface area contributed by atoms with Gasteiger partial charge in [-0.25, -0.2) is 9.67 Å². The summed E-state index contributed by atoms with van der Waals surface area (Å²) in [4.78, 5) is 3.90. The van der Waals surface area contributed by atoms with E-state index in [0.29, 0.717) is 6.54 Å². The monoisotopic (exact) mass is 252 g/mol. The van der Waals surface area contributed by atoms with Gasteiger partial charge >= 0.3 is 0 Å². The molecule has 0 amide bonds. The summed E-state index contributed by atoms with van der Waals surface area (Å²) >= 11 is 3.40. The molecular weight excluding hydrogens is 244 g/mol. The third kappa shape index (κ3) is 1.69. The minimum Gasteiger partial charge on any atom is -0.326 e. The minimum absolute atomic E-state index is 0.481. The fourth-order valence-electron chi connectivity index (χ4n) is 1.27. The van der Waals surface area contributed by atoms with Crippen LogP contribution >= 0.6 is 15.9 Å². The van der Waals surface area contributed by atoms with Crippen molar-refractivity contribution in [2.24, 2.45) is 5.73 Å². The van der Waals surface area contributed by atoms with E-state index in [1.54, 1.807) is 11.0 Å². The highest BCUT2D eigenvalue weighted by atomic mass is 79.9. The Bertz CT molecular complexity index is 424. The fourth-order valence-corrected chi connectivity index (χ4v) is 1.68. The van der Waals surface area contributed by atoms with Crippen LogP contribution in [0, 0.1) is 0 Å². The SMILES string of the molecule is NCc1cc(Br)ccc1-n1cncn1. The molecule has 4 nitrogen and oxygen atoms in total. The lowest BCUT2D eigenvalue weighted by molar-refractivity contribution is 0.856. The van der Waals surface area contributed by atoms with Gasteiger partial charge in [0, 0.05) is 11.0 Å². The first kappa shape index (κ1) is 9.36. The van der Waals surface area contributed by atoms with Gasteiger partial charge in [-0.1, -0.05) is 15.9 Å². The molecule has 0 saturated carbocycles. The first-order valence-electron chi connectivity index (χ1n) is 4.15. The van der Waals surface area contributed by atoms with Crippen LogP contribution in [0.4, 0.5) is 0 Å². The van der Waals surface area contributed by atoms with Crippen LogP contribution in [0.5, 0.6) is 0 Å². The van der Waals surface area contributed by atoms with Crippen molar-refractivity contribution in [1.82, 2.24) is 14.8 Å². The molecule has 0 aliphatic heterocycles. The summed E-state index contributed by atoms with van der Waals surface area (Å²) in [6, 6.07) is 5.90. The molecule has 2 rings (SSSR count). The molecule has 14 heavy (non-hydrogen) atoms. The second-order valence-electron chi connectivity index (χ2n) is 2.82. The number of halogens is 1. The molecule has 0 fully saturated rings. The zero-order valence-electron chi connectivity index (χ0n) is 7.39. The zero-order valence-corrected chi connectivity index (χ0v) is 8.98. The molecule has 0 unspecified atom stereocenters. The molecule has 72 valence electrons. The Kier molecular flexibility index (Phi) is 2.60. The quantitative estimate of drug-likeness (QED) is 0.882. The van der Waals surface area contributed by atoms with Crippen LogP contribution < -0.4 is 5.73 Å². The molecule has 0 bridgehead atoms. The van der Waals surface area contributed by atoms with E-state index in [2.05, 4.69) is 26.0 Å². The highest BCUT2D eigenvalue weighted by Crippen LogP contribution is 2.18. The molecule has 2 N–H and O–H groups in total. The molecule has 5 heteroatoms. The van der Waals surface area contributed by atoms with Gasteiger partial charge in [0.05, 0.1) is 5.69 Å². The summed E-state index contributed by atoms with van der Waals surface area (Å²) in [6.07, 6.45) is 3.16. The van der Waals surface area contributed by atoms with Gasteiger partial charge in [-0.15, -0.1) is 0 Å². The van der Waals surface area contributed by atoms with Gasteiger partial charge in [0.15, 0.2) is 0 Å². The largest absolute Gasteiger partial charge is 0.326 e. The minimum atomic E-state index is 0.481. The number of rotatable bonds is 2. The van der Waals surface area contributed by atoms with E-state index in [-0.39, 0.29) is 0 Å². The van der Waals surface area contributed by atoms with Crippen molar-refractivity contribution >= 4 is 15.9 Å². The standard InChI is InChI=1S/C9H9BrN4/c10-8-1-2-9(7(3-8)4-11)14-6-12-5-13-14/h1-3,5-6H,4,11H2. The maximum Gasteiger partial charge on any atom is 0.138 e. The van der Waals surface area contributed by atoms with E-state index < -0.39 is 0 Å². The summed E-state index contributed by atoms with van der Waals surface area (Å²) in [7, 11) is 0. The molecule has 1 aromatic carbocycles. The topological polar surface area (TPSA) is 56.7 Å². The molecule has 1 heterocycles. The lowest BCUT2D eigenvalue weighted by Crippen LogP contribution is -2.04. The summed E-state index contributed by atoms with van der Waals surface area (Å²) < 4.78 is 2.72. The van der Waals surface area contributed by atoms with Gasteiger partial charge < -0.3 is 5.73 Å². The summed E-state index contributed by atoms with van der Waals surface area (Å²) in [5.41, 5.74) is 7.64. The van der Waals surface area contributed by atoms with E-state index in [9.17, 15) is 0 Å². The Morgan fingerprint density at radius 3 is 2.93 bits per heavy atom. The lowest BCUT2D eigenvalue weighted by Gasteiger charge is -2.07. The van der Waals surface area contributed by atoms with Crippen molar-refractivity contribution in [2.75, 3.05) is 0 Å². The van der Waals surface area contributed by atoms with Crippen LogP contribution in [0.1, 0.15) is 5.56 Å². The third-order valence-corrected chi connectivity index (χ3v) is 2.42. The molecule has 0 aliphatic rings. The number of nitrogens with two attached hydrogens (primary N) is 1. The molecule has 0 saturated heterocycles. The van der Waals surface area contributed by atoms with Crippen molar-refractivity contribution in [2.45, 2.75) is 6.54 Å². The van der Waals surface area contributed by atoms with Crippen LogP contribution in [0.2, 0.25) is 0 Å². The molecule has 0 spiro atoms. The third-order valence-electron chi connectivity index (χ3n) is 1.93. The van der Waals surface area contributed by atoms with E-state index in [4.69, 9.17) is 5.73 Å². The summed E-state index contributed by atoms with van der Waals surface area (Å²) in [6.45, 7) is 0.481. The van der Waals surface area contributed by atoms with E-state index in [1.807, 2.05) is 18.2 Å². The summed E-state index contributed by atoms with van der Waals surface area (Å²) in [5.74, 6) is 0. The van der Waals surface area contributed by atoms with Crippen LogP contribution in [0.15, 0.2) is 35.3 Å². The predicted molar refractivity (Wildman–Crippen MR) is 57.0 cm³/mol. The Labute approximate surface area is 89.9 Å². The second-order valence-corrected chi connectivity index (χ2v) is 3.73. The number of hydrogen-bond donors (Lipinski definition) is 1. The van der Waals surface area contributed by atoms with Crippen molar-refractivity contribution in [3.63, 3.8) is 0 Å². The highest BCUT2D eigenvalue weighted by Gasteiger charge is 2.03.